The summed E-state index contributed by atoms with van der Waals surface area (Å²) in [5.41, 5.74) is 22.3. The van der Waals surface area contributed by atoms with E-state index in [2.05, 4.69) is 35.7 Å². The zero-order valence-electron chi connectivity index (χ0n) is 28.2. The third-order valence-electron chi connectivity index (χ3n) is 7.53. The van der Waals surface area contributed by atoms with Crippen molar-refractivity contribution in [2.75, 3.05) is 42.7 Å². The molecule has 2 aromatic heterocycles. The van der Waals surface area contributed by atoms with Gasteiger partial charge in [0, 0.05) is 30.2 Å². The molecule has 16 heteroatoms. The Morgan fingerprint density at radius 1 is 0.706 bits per heavy atom. The number of fused-ring (bicyclic) bond motifs is 2. The summed E-state index contributed by atoms with van der Waals surface area (Å²) < 4.78 is 5.30. The number of aromatic nitrogens is 6. The molecule has 9 N–H and O–H groups in total. The van der Waals surface area contributed by atoms with Crippen molar-refractivity contribution in [3.05, 3.63) is 121 Å². The van der Waals surface area contributed by atoms with Crippen molar-refractivity contribution < 1.29 is 19.4 Å². The van der Waals surface area contributed by atoms with Gasteiger partial charge in [-0.05, 0) is 92.1 Å². The van der Waals surface area contributed by atoms with Crippen molar-refractivity contribution >= 4 is 50.7 Å². The van der Waals surface area contributed by atoms with Crippen LogP contribution in [0, 0.1) is 20.8 Å². The number of ether oxygens (including phenoxy) is 1. The van der Waals surface area contributed by atoms with Crippen LogP contribution in [-0.4, -0.2) is 74.1 Å². The third-order valence-corrected chi connectivity index (χ3v) is 7.53. The van der Waals surface area contributed by atoms with E-state index >= 15 is 0 Å². The third kappa shape index (κ3) is 10.2. The molecule has 0 radical (unpaired) electrons. The molecule has 51 heavy (non-hydrogen) atoms. The molecule has 1 aliphatic heterocycles. The summed E-state index contributed by atoms with van der Waals surface area (Å²) in [4.78, 5) is 45.9. The van der Waals surface area contributed by atoms with Crippen molar-refractivity contribution in [2.24, 2.45) is 5.73 Å². The van der Waals surface area contributed by atoms with E-state index in [0.29, 0.717) is 38.7 Å². The number of benzene rings is 4. The number of nitrogens with one attached hydrogen (secondary N) is 2. The van der Waals surface area contributed by atoms with Crippen LogP contribution >= 0.6 is 0 Å². The molecular formula is C35H38N10O6. The number of amides is 1. The minimum Gasteiger partial charge on any atom is -0.478 e. The second-order valence-corrected chi connectivity index (χ2v) is 11.5. The summed E-state index contributed by atoms with van der Waals surface area (Å²) in [7, 11) is 0. The molecule has 6 aromatic rings. The first kappa shape index (κ1) is 37.1. The Morgan fingerprint density at radius 3 is 1.69 bits per heavy atom. The molecule has 0 bridgehead atoms. The number of aromatic carboxylic acids is 1. The van der Waals surface area contributed by atoms with E-state index in [1.807, 2.05) is 45.0 Å². The quantitative estimate of drug-likeness (QED) is 0.146. The number of primary amides is 1. The van der Waals surface area contributed by atoms with Crippen molar-refractivity contribution in [3.8, 4) is 0 Å². The number of nitrogens with zero attached hydrogens (tertiary/aromatic N) is 5. The molecule has 3 heterocycles. The van der Waals surface area contributed by atoms with Gasteiger partial charge in [0.15, 0.2) is 0 Å². The van der Waals surface area contributed by atoms with E-state index in [1.165, 1.54) is 6.07 Å². The highest BCUT2D eigenvalue weighted by atomic mass is 16.5. The normalized spacial score (nSPS) is 12.0. The number of carboxylic acids is 1. The molecule has 16 nitrogen and oxygen atoms in total. The highest BCUT2D eigenvalue weighted by molar-refractivity contribution is 5.98. The molecule has 1 fully saturated rings. The fourth-order valence-electron chi connectivity index (χ4n) is 4.88. The van der Waals surface area contributed by atoms with E-state index < -0.39 is 11.9 Å². The van der Waals surface area contributed by atoms with Crippen LogP contribution in [0.25, 0.3) is 21.8 Å². The fraction of sp³-hybridized carbons (Fsp3) is 0.200. The smallest absolute Gasteiger partial charge is 0.337 e. The second-order valence-electron chi connectivity index (χ2n) is 11.5. The number of hydrogen-bond acceptors (Lipinski definition) is 12. The molecule has 0 aliphatic carbocycles. The van der Waals surface area contributed by atoms with E-state index in [-0.39, 0.29) is 16.7 Å². The zero-order chi connectivity index (χ0) is 37.1. The SMILES string of the molecule is Cc1ccc(C(=O)O)c(N)c1.Cc1ccc(C(N)=O)c(N)c1.Cc1ccc2c(=O)[nH]nnc2c1.O=c1[nH]nnc2cc(N3CCOCC3)ccc12. The Bertz CT molecular complexity index is 2220. The summed E-state index contributed by atoms with van der Waals surface area (Å²) in [5.74, 6) is -1.47. The highest BCUT2D eigenvalue weighted by Gasteiger charge is 2.12. The van der Waals surface area contributed by atoms with Crippen LogP contribution in [0.15, 0.2) is 82.4 Å². The summed E-state index contributed by atoms with van der Waals surface area (Å²) in [5, 5.41) is 29.1. The molecular weight excluding hydrogens is 656 g/mol. The van der Waals surface area contributed by atoms with Crippen LogP contribution in [0.4, 0.5) is 17.1 Å². The number of carboxylic acid groups (broad SMARTS) is 1. The lowest BCUT2D eigenvalue weighted by Crippen LogP contribution is -2.36. The second kappa shape index (κ2) is 17.1. The molecule has 4 aromatic carbocycles. The Kier molecular flexibility index (Phi) is 12.5. The van der Waals surface area contributed by atoms with Gasteiger partial charge in [0.05, 0.1) is 35.1 Å². The van der Waals surface area contributed by atoms with Gasteiger partial charge in [-0.2, -0.15) is 0 Å². The molecule has 1 aliphatic rings. The standard InChI is InChI=1S/C11H12N4O2.C8H7N3O.C8H10N2O.C8H9NO2/c16-11-9-2-1-8(7-10(9)12-14-13-11)15-3-5-17-6-4-15;1-5-2-3-6-7(4-5)9-11-10-8(6)12;2*1-5-2-3-6(8(10)11)7(9)4-5/h1-2,7H,3-6H2,(H,12,13,16);2-4H,1H3,(H,9,10,12);2-4H,9H2,1H3,(H2,10,11);2-4H,9H2,1H3,(H,10,11). The summed E-state index contributed by atoms with van der Waals surface area (Å²) in [6.07, 6.45) is 0. The minimum atomic E-state index is -0.984. The van der Waals surface area contributed by atoms with Gasteiger partial charge in [-0.1, -0.05) is 28.6 Å². The summed E-state index contributed by atoms with van der Waals surface area (Å²) in [6.45, 7) is 8.91. The lowest BCUT2D eigenvalue weighted by molar-refractivity contribution is 0.0697. The van der Waals surface area contributed by atoms with Gasteiger partial charge in [-0.3, -0.25) is 14.4 Å². The monoisotopic (exact) mass is 694 g/mol. The first-order chi connectivity index (χ1) is 24.3. The van der Waals surface area contributed by atoms with Crippen molar-refractivity contribution in [1.82, 2.24) is 30.8 Å². The Balaban J connectivity index is 0.000000156. The van der Waals surface area contributed by atoms with Gasteiger partial charge in [0.2, 0.25) is 0 Å². The number of hydrogen-bond donors (Lipinski definition) is 6. The fourth-order valence-corrected chi connectivity index (χ4v) is 4.88. The average Bonchev–Trinajstić information content (AvgIpc) is 3.09. The summed E-state index contributed by atoms with van der Waals surface area (Å²) in [6, 6.07) is 21.1. The number of nitrogens with two attached hydrogens (primary N) is 3. The van der Waals surface area contributed by atoms with Gasteiger partial charge in [0.25, 0.3) is 17.0 Å². The first-order valence-corrected chi connectivity index (χ1v) is 15.6. The van der Waals surface area contributed by atoms with Crippen molar-refractivity contribution in [3.63, 3.8) is 0 Å². The minimum absolute atomic E-state index is 0.163. The molecule has 0 saturated carbocycles. The van der Waals surface area contributed by atoms with Gasteiger partial charge in [-0.15, -0.1) is 10.2 Å². The zero-order valence-corrected chi connectivity index (χ0v) is 28.2. The van der Waals surface area contributed by atoms with Crippen LogP contribution in [0.1, 0.15) is 37.4 Å². The summed E-state index contributed by atoms with van der Waals surface area (Å²) >= 11 is 0. The van der Waals surface area contributed by atoms with E-state index in [0.717, 1.165) is 48.7 Å². The van der Waals surface area contributed by atoms with E-state index in [4.69, 9.17) is 27.0 Å². The molecule has 1 amide bonds. The lowest BCUT2D eigenvalue weighted by Gasteiger charge is -2.28. The van der Waals surface area contributed by atoms with E-state index in [9.17, 15) is 19.2 Å². The first-order valence-electron chi connectivity index (χ1n) is 15.6. The predicted octanol–water partition coefficient (Wildman–Crippen LogP) is 2.73. The predicted molar refractivity (Wildman–Crippen MR) is 195 cm³/mol. The Labute approximate surface area is 291 Å². The van der Waals surface area contributed by atoms with Gasteiger partial charge in [-0.25, -0.2) is 15.0 Å². The van der Waals surface area contributed by atoms with Gasteiger partial charge >= 0.3 is 5.97 Å². The van der Waals surface area contributed by atoms with Crippen molar-refractivity contribution in [2.45, 2.75) is 20.8 Å². The van der Waals surface area contributed by atoms with Crippen molar-refractivity contribution in [1.29, 1.82) is 0 Å². The maximum atomic E-state index is 11.5. The van der Waals surface area contributed by atoms with Gasteiger partial charge in [0.1, 0.15) is 11.0 Å². The molecule has 0 atom stereocenters. The number of morpholine rings is 1. The largest absolute Gasteiger partial charge is 0.478 e. The Hall–Kier alpha value is -6.68. The molecule has 7 rings (SSSR count). The molecule has 0 spiro atoms. The van der Waals surface area contributed by atoms with Crippen LogP contribution in [0.3, 0.4) is 0 Å². The number of anilines is 3. The number of aryl methyl sites for hydroxylation is 3. The number of carbonyl (C=O) groups excluding carboxylic acids is 1. The maximum absolute atomic E-state index is 11.5. The molecule has 264 valence electrons. The Morgan fingerprint density at radius 2 is 1.18 bits per heavy atom. The number of nitrogen functional groups attached to an aromatic ring is 2. The van der Waals surface area contributed by atoms with Crippen LogP contribution < -0.4 is 33.2 Å². The van der Waals surface area contributed by atoms with Gasteiger partial charge < -0.3 is 31.9 Å². The van der Waals surface area contributed by atoms with Crippen LogP contribution in [0.2, 0.25) is 0 Å². The van der Waals surface area contributed by atoms with Crippen LogP contribution in [-0.2, 0) is 4.74 Å². The lowest BCUT2D eigenvalue weighted by atomic mass is 10.1. The maximum Gasteiger partial charge on any atom is 0.337 e. The molecule has 0 unspecified atom stereocenters. The highest BCUT2D eigenvalue weighted by Crippen LogP contribution is 2.19. The average molecular weight is 695 g/mol. The topological polar surface area (TPSA) is 262 Å². The number of H-pyrrole nitrogens is 2. The van der Waals surface area contributed by atoms with Crippen LogP contribution in [0.5, 0.6) is 0 Å². The number of aromatic amines is 2. The van der Waals surface area contributed by atoms with E-state index in [1.54, 1.807) is 42.5 Å². The molecule has 1 saturated heterocycles. The number of rotatable bonds is 3. The number of carbonyl (C=O) groups is 2.